The normalized spacial score (nSPS) is 12.4. The van der Waals surface area contributed by atoms with Gasteiger partial charge < -0.3 is 15.2 Å². The van der Waals surface area contributed by atoms with Crippen LogP contribution in [0.25, 0.3) is 0 Å². The fourth-order valence-electron chi connectivity index (χ4n) is 1.86. The second kappa shape index (κ2) is 9.82. The van der Waals surface area contributed by atoms with Gasteiger partial charge in [-0.1, -0.05) is 38.8 Å². The zero-order valence-corrected chi connectivity index (χ0v) is 12.2. The Kier molecular flexibility index (Phi) is 8.26. The number of ether oxygens (including phenoxy) is 1. The number of hydrogen-bond donors (Lipinski definition) is 2. The van der Waals surface area contributed by atoms with E-state index in [4.69, 9.17) is 4.74 Å². The quantitative estimate of drug-likeness (QED) is 0.639. The number of benzene rings is 1. The molecule has 0 fully saturated rings. The van der Waals surface area contributed by atoms with E-state index in [1.807, 2.05) is 12.1 Å². The Labute approximate surface area is 117 Å². The largest absolute Gasteiger partial charge is 0.494 e. The molecule has 0 radical (unpaired) electrons. The van der Waals surface area contributed by atoms with Crippen molar-refractivity contribution in [1.82, 2.24) is 5.32 Å². The molecule has 2 N–H and O–H groups in total. The van der Waals surface area contributed by atoms with Crippen LogP contribution in [0.5, 0.6) is 5.75 Å². The van der Waals surface area contributed by atoms with E-state index in [2.05, 4.69) is 31.3 Å². The Morgan fingerprint density at radius 2 is 1.89 bits per heavy atom. The lowest BCUT2D eigenvalue weighted by Crippen LogP contribution is -2.26. The van der Waals surface area contributed by atoms with Gasteiger partial charge in [-0.15, -0.1) is 0 Å². The van der Waals surface area contributed by atoms with E-state index < -0.39 is 0 Å². The van der Waals surface area contributed by atoms with Crippen molar-refractivity contribution in [3.63, 3.8) is 0 Å². The summed E-state index contributed by atoms with van der Waals surface area (Å²) in [6, 6.07) is 8.16. The van der Waals surface area contributed by atoms with Crippen molar-refractivity contribution in [1.29, 1.82) is 0 Å². The Hall–Kier alpha value is -1.06. The van der Waals surface area contributed by atoms with Gasteiger partial charge in [0.2, 0.25) is 0 Å². The molecule has 1 rings (SSSR count). The molecular weight excluding hydrogens is 238 g/mol. The maximum Gasteiger partial charge on any atom is 0.119 e. The van der Waals surface area contributed by atoms with E-state index in [1.54, 1.807) is 0 Å². The van der Waals surface area contributed by atoms with Crippen LogP contribution in [-0.4, -0.2) is 24.4 Å². The van der Waals surface area contributed by atoms with E-state index in [9.17, 15) is 5.11 Å². The van der Waals surface area contributed by atoms with Crippen LogP contribution in [0.2, 0.25) is 0 Å². The first-order valence-corrected chi connectivity index (χ1v) is 7.36. The van der Waals surface area contributed by atoms with Gasteiger partial charge in [-0.2, -0.15) is 0 Å². The van der Waals surface area contributed by atoms with Crippen LogP contribution in [0.1, 0.15) is 45.1 Å². The lowest BCUT2D eigenvalue weighted by atomic mass is 10.2. The van der Waals surface area contributed by atoms with E-state index in [0.717, 1.165) is 44.6 Å². The molecule has 0 spiro atoms. The Morgan fingerprint density at radius 3 is 2.53 bits per heavy atom. The summed E-state index contributed by atoms with van der Waals surface area (Å²) in [4.78, 5) is 0. The topological polar surface area (TPSA) is 41.5 Å². The lowest BCUT2D eigenvalue weighted by Gasteiger charge is -2.11. The van der Waals surface area contributed by atoms with Crippen molar-refractivity contribution in [2.45, 2.75) is 52.2 Å². The minimum Gasteiger partial charge on any atom is -0.494 e. The molecule has 0 aliphatic carbocycles. The van der Waals surface area contributed by atoms with E-state index in [1.165, 1.54) is 5.56 Å². The predicted molar refractivity (Wildman–Crippen MR) is 79.5 cm³/mol. The lowest BCUT2D eigenvalue weighted by molar-refractivity contribution is 0.160. The molecule has 3 heteroatoms. The van der Waals surface area contributed by atoms with Crippen molar-refractivity contribution < 1.29 is 9.84 Å². The van der Waals surface area contributed by atoms with Gasteiger partial charge in [-0.3, -0.25) is 0 Å². The minimum absolute atomic E-state index is 0.235. The standard InChI is InChI=1S/C16H27NO2/c1-3-5-11-19-16-9-7-14(8-10-16)12-17-13-15(18)6-4-2/h7-10,15,17-18H,3-6,11-13H2,1-2H3. The van der Waals surface area contributed by atoms with Crippen LogP contribution in [0, 0.1) is 0 Å². The summed E-state index contributed by atoms with van der Waals surface area (Å²) in [6.45, 7) is 6.47. The third kappa shape index (κ3) is 7.19. The fraction of sp³-hybridized carbons (Fsp3) is 0.625. The van der Waals surface area contributed by atoms with E-state index in [-0.39, 0.29) is 6.10 Å². The summed E-state index contributed by atoms with van der Waals surface area (Å²) in [5.41, 5.74) is 1.21. The fourth-order valence-corrected chi connectivity index (χ4v) is 1.86. The highest BCUT2D eigenvalue weighted by Gasteiger charge is 2.01. The van der Waals surface area contributed by atoms with Crippen molar-refractivity contribution in [2.75, 3.05) is 13.2 Å². The molecule has 108 valence electrons. The Balaban J connectivity index is 2.24. The van der Waals surface area contributed by atoms with Gasteiger partial charge in [0.1, 0.15) is 5.75 Å². The van der Waals surface area contributed by atoms with Gasteiger partial charge in [-0.25, -0.2) is 0 Å². The molecule has 0 bridgehead atoms. The molecule has 0 aliphatic rings. The van der Waals surface area contributed by atoms with E-state index in [0.29, 0.717) is 6.54 Å². The van der Waals surface area contributed by atoms with Crippen LogP contribution < -0.4 is 10.1 Å². The monoisotopic (exact) mass is 265 g/mol. The molecule has 0 saturated heterocycles. The Morgan fingerprint density at radius 1 is 1.16 bits per heavy atom. The maximum atomic E-state index is 9.61. The predicted octanol–water partition coefficient (Wildman–Crippen LogP) is 3.12. The maximum absolute atomic E-state index is 9.61. The van der Waals surface area contributed by atoms with Crippen molar-refractivity contribution >= 4 is 0 Å². The summed E-state index contributed by atoms with van der Waals surface area (Å²) in [5, 5.41) is 12.9. The van der Waals surface area contributed by atoms with Gasteiger partial charge in [0.25, 0.3) is 0 Å². The van der Waals surface area contributed by atoms with Gasteiger partial charge in [0.15, 0.2) is 0 Å². The van der Waals surface area contributed by atoms with Gasteiger partial charge in [-0.05, 0) is 30.5 Å². The van der Waals surface area contributed by atoms with Crippen LogP contribution >= 0.6 is 0 Å². The number of rotatable bonds is 10. The zero-order chi connectivity index (χ0) is 13.9. The number of unbranched alkanes of at least 4 members (excludes halogenated alkanes) is 1. The highest BCUT2D eigenvalue weighted by Crippen LogP contribution is 2.12. The molecule has 0 heterocycles. The highest BCUT2D eigenvalue weighted by atomic mass is 16.5. The number of hydrogen-bond acceptors (Lipinski definition) is 3. The van der Waals surface area contributed by atoms with Crippen molar-refractivity contribution in [3.05, 3.63) is 29.8 Å². The summed E-state index contributed by atoms with van der Waals surface area (Å²) in [5.74, 6) is 0.934. The smallest absolute Gasteiger partial charge is 0.119 e. The molecule has 0 aliphatic heterocycles. The first-order valence-electron chi connectivity index (χ1n) is 7.36. The third-order valence-electron chi connectivity index (χ3n) is 3.02. The number of nitrogens with one attached hydrogen (secondary N) is 1. The second-order valence-corrected chi connectivity index (χ2v) is 4.92. The molecular formula is C16H27NO2. The van der Waals surface area contributed by atoms with Crippen LogP contribution in [0.4, 0.5) is 0 Å². The zero-order valence-electron chi connectivity index (χ0n) is 12.2. The first kappa shape index (κ1) is 16.0. The molecule has 0 saturated carbocycles. The second-order valence-electron chi connectivity index (χ2n) is 4.92. The van der Waals surface area contributed by atoms with Crippen LogP contribution in [0.15, 0.2) is 24.3 Å². The molecule has 1 aromatic carbocycles. The van der Waals surface area contributed by atoms with Gasteiger partial charge in [0.05, 0.1) is 12.7 Å². The molecule has 1 aromatic rings. The minimum atomic E-state index is -0.235. The highest BCUT2D eigenvalue weighted by molar-refractivity contribution is 5.27. The van der Waals surface area contributed by atoms with Gasteiger partial charge >= 0.3 is 0 Å². The van der Waals surface area contributed by atoms with Crippen molar-refractivity contribution in [3.8, 4) is 5.75 Å². The van der Waals surface area contributed by atoms with Crippen molar-refractivity contribution in [2.24, 2.45) is 0 Å². The average Bonchev–Trinajstić information content (AvgIpc) is 2.41. The summed E-state index contributed by atoms with van der Waals surface area (Å²) in [7, 11) is 0. The van der Waals surface area contributed by atoms with Crippen LogP contribution in [-0.2, 0) is 6.54 Å². The molecule has 0 amide bonds. The molecule has 3 nitrogen and oxygen atoms in total. The molecule has 1 atom stereocenters. The van der Waals surface area contributed by atoms with E-state index >= 15 is 0 Å². The van der Waals surface area contributed by atoms with Crippen LogP contribution in [0.3, 0.4) is 0 Å². The Bertz CT molecular complexity index is 324. The summed E-state index contributed by atoms with van der Waals surface area (Å²) >= 11 is 0. The molecule has 0 aromatic heterocycles. The number of aliphatic hydroxyl groups excluding tert-OH is 1. The average molecular weight is 265 g/mol. The number of aliphatic hydroxyl groups is 1. The molecule has 1 unspecified atom stereocenters. The SMILES string of the molecule is CCCCOc1ccc(CNCC(O)CCC)cc1. The molecule has 19 heavy (non-hydrogen) atoms. The third-order valence-corrected chi connectivity index (χ3v) is 3.02. The summed E-state index contributed by atoms with van der Waals surface area (Å²) in [6.07, 6.45) is 3.89. The first-order chi connectivity index (χ1) is 9.26. The van der Waals surface area contributed by atoms with Gasteiger partial charge in [0, 0.05) is 13.1 Å². The summed E-state index contributed by atoms with van der Waals surface area (Å²) < 4.78 is 5.62.